The number of alkyl carbamates (subject to hydrolysis) is 1. The minimum Gasteiger partial charge on any atom is -0.480 e. The third-order valence-electron chi connectivity index (χ3n) is 5.66. The van der Waals surface area contributed by atoms with Crippen molar-refractivity contribution in [1.29, 1.82) is 0 Å². The van der Waals surface area contributed by atoms with Crippen LogP contribution in [0.4, 0.5) is 4.79 Å². The number of nitrogens with one attached hydrogen (secondary N) is 2. The Balaban J connectivity index is 1.33. The summed E-state index contributed by atoms with van der Waals surface area (Å²) in [7, 11) is 1.38. The van der Waals surface area contributed by atoms with Crippen LogP contribution in [0.5, 0.6) is 0 Å². The first-order valence-electron chi connectivity index (χ1n) is 11.1. The van der Waals surface area contributed by atoms with Crippen molar-refractivity contribution in [3.8, 4) is 11.1 Å². The number of carbonyl (C=O) groups excluding carboxylic acids is 2. The third kappa shape index (κ3) is 6.55. The average Bonchev–Trinajstić information content (AvgIpc) is 3.13. The zero-order valence-corrected chi connectivity index (χ0v) is 18.7. The van der Waals surface area contributed by atoms with Crippen LogP contribution in [0.1, 0.15) is 42.7 Å². The monoisotopic (exact) mass is 454 g/mol. The van der Waals surface area contributed by atoms with E-state index in [2.05, 4.69) is 34.9 Å². The summed E-state index contributed by atoms with van der Waals surface area (Å²) >= 11 is 0. The number of ether oxygens (including phenoxy) is 2. The summed E-state index contributed by atoms with van der Waals surface area (Å²) in [5.41, 5.74) is 4.70. The van der Waals surface area contributed by atoms with E-state index in [4.69, 9.17) is 14.6 Å². The van der Waals surface area contributed by atoms with Crippen LogP contribution in [-0.2, 0) is 19.1 Å². The largest absolute Gasteiger partial charge is 0.480 e. The van der Waals surface area contributed by atoms with Crippen LogP contribution in [0.15, 0.2) is 48.5 Å². The van der Waals surface area contributed by atoms with Gasteiger partial charge in [-0.3, -0.25) is 4.79 Å². The minimum atomic E-state index is -1.13. The SMILES string of the molecule is COCC(NC(=O)CCCCCNC(=O)OCC1c2ccccc2-c2ccccc21)C(=O)O. The molecule has 176 valence electrons. The summed E-state index contributed by atoms with van der Waals surface area (Å²) < 4.78 is 10.3. The van der Waals surface area contributed by atoms with Crippen LogP contribution in [-0.4, -0.2) is 56.0 Å². The van der Waals surface area contributed by atoms with Gasteiger partial charge in [0.1, 0.15) is 6.61 Å². The van der Waals surface area contributed by atoms with Gasteiger partial charge in [0, 0.05) is 26.0 Å². The molecule has 0 radical (unpaired) electrons. The van der Waals surface area contributed by atoms with Crippen molar-refractivity contribution in [2.75, 3.05) is 26.9 Å². The molecule has 8 heteroatoms. The number of hydrogen-bond acceptors (Lipinski definition) is 5. The number of hydrogen-bond donors (Lipinski definition) is 3. The summed E-state index contributed by atoms with van der Waals surface area (Å²) in [6, 6.07) is 15.3. The second kappa shape index (κ2) is 12.0. The number of amides is 2. The van der Waals surface area contributed by atoms with Gasteiger partial charge in [-0.2, -0.15) is 0 Å². The Hall–Kier alpha value is -3.39. The molecule has 3 rings (SSSR count). The van der Waals surface area contributed by atoms with E-state index in [9.17, 15) is 14.4 Å². The van der Waals surface area contributed by atoms with E-state index in [1.54, 1.807) is 0 Å². The second-order valence-electron chi connectivity index (χ2n) is 7.98. The fourth-order valence-electron chi connectivity index (χ4n) is 4.04. The highest BCUT2D eigenvalue weighted by Crippen LogP contribution is 2.44. The highest BCUT2D eigenvalue weighted by atomic mass is 16.5. The molecule has 0 saturated carbocycles. The normalized spacial score (nSPS) is 13.0. The molecule has 8 nitrogen and oxygen atoms in total. The Morgan fingerprint density at radius 1 is 0.970 bits per heavy atom. The summed E-state index contributed by atoms with van der Waals surface area (Å²) in [5, 5.41) is 14.2. The Kier molecular flexibility index (Phi) is 8.83. The predicted molar refractivity (Wildman–Crippen MR) is 123 cm³/mol. The van der Waals surface area contributed by atoms with E-state index < -0.39 is 18.1 Å². The van der Waals surface area contributed by atoms with Gasteiger partial charge < -0.3 is 25.2 Å². The summed E-state index contributed by atoms with van der Waals surface area (Å²) in [6.07, 6.45) is 1.77. The highest BCUT2D eigenvalue weighted by molar-refractivity contribution is 5.83. The molecule has 0 spiro atoms. The van der Waals surface area contributed by atoms with Gasteiger partial charge in [-0.25, -0.2) is 9.59 Å². The first kappa shape index (κ1) is 24.3. The van der Waals surface area contributed by atoms with Crippen LogP contribution >= 0.6 is 0 Å². The van der Waals surface area contributed by atoms with Gasteiger partial charge in [0.2, 0.25) is 5.91 Å². The maximum absolute atomic E-state index is 12.1. The van der Waals surface area contributed by atoms with Crippen molar-refractivity contribution < 1.29 is 29.0 Å². The molecule has 0 bridgehead atoms. The Labute approximate surface area is 193 Å². The number of carboxylic acids is 1. The topological polar surface area (TPSA) is 114 Å². The Morgan fingerprint density at radius 2 is 1.61 bits per heavy atom. The first-order chi connectivity index (χ1) is 16.0. The fourth-order valence-corrected chi connectivity index (χ4v) is 4.04. The minimum absolute atomic E-state index is 0.0226. The summed E-state index contributed by atoms with van der Waals surface area (Å²) in [4.78, 5) is 35.0. The van der Waals surface area contributed by atoms with Gasteiger partial charge in [-0.15, -0.1) is 0 Å². The number of unbranched alkanes of at least 4 members (excludes halogenated alkanes) is 2. The van der Waals surface area contributed by atoms with Crippen LogP contribution in [0.2, 0.25) is 0 Å². The molecule has 33 heavy (non-hydrogen) atoms. The van der Waals surface area contributed by atoms with Crippen molar-refractivity contribution in [1.82, 2.24) is 10.6 Å². The standard InChI is InChI=1S/C25H30N2O6/c1-32-16-22(24(29)30)27-23(28)13-3-2-8-14-26-25(31)33-15-21-19-11-6-4-9-17(19)18-10-5-7-12-20(18)21/h4-7,9-12,21-22H,2-3,8,13-16H2,1H3,(H,26,31)(H,27,28)(H,29,30). The quantitative estimate of drug-likeness (QED) is 0.424. The zero-order valence-electron chi connectivity index (χ0n) is 18.7. The number of fused-ring (bicyclic) bond motifs is 3. The van der Waals surface area contributed by atoms with Crippen LogP contribution in [0.25, 0.3) is 11.1 Å². The molecule has 0 aromatic heterocycles. The van der Waals surface area contributed by atoms with E-state index in [-0.39, 0.29) is 31.5 Å². The molecule has 0 fully saturated rings. The zero-order chi connectivity index (χ0) is 23.6. The van der Waals surface area contributed by atoms with Crippen molar-refractivity contribution in [3.05, 3.63) is 59.7 Å². The molecule has 1 atom stereocenters. The van der Waals surface area contributed by atoms with E-state index in [1.165, 1.54) is 29.4 Å². The number of carbonyl (C=O) groups is 3. The first-order valence-corrected chi connectivity index (χ1v) is 11.1. The number of aliphatic carboxylic acids is 1. The third-order valence-corrected chi connectivity index (χ3v) is 5.66. The number of methoxy groups -OCH3 is 1. The summed E-state index contributed by atoms with van der Waals surface area (Å²) in [5.74, 6) is -1.43. The number of rotatable bonds is 12. The van der Waals surface area contributed by atoms with Gasteiger partial charge in [0.05, 0.1) is 6.61 Å². The number of benzene rings is 2. The molecule has 0 aliphatic heterocycles. The Bertz CT molecular complexity index is 931. The van der Waals surface area contributed by atoms with Gasteiger partial charge in [0.15, 0.2) is 6.04 Å². The van der Waals surface area contributed by atoms with E-state index in [1.807, 2.05) is 24.3 Å². The van der Waals surface area contributed by atoms with Gasteiger partial charge in [-0.05, 0) is 35.1 Å². The molecule has 3 N–H and O–H groups in total. The van der Waals surface area contributed by atoms with Crippen molar-refractivity contribution in [3.63, 3.8) is 0 Å². The van der Waals surface area contributed by atoms with Crippen LogP contribution in [0.3, 0.4) is 0 Å². The van der Waals surface area contributed by atoms with E-state index >= 15 is 0 Å². The molecular formula is C25H30N2O6. The van der Waals surface area contributed by atoms with Crippen LogP contribution < -0.4 is 10.6 Å². The average molecular weight is 455 g/mol. The van der Waals surface area contributed by atoms with Crippen molar-refractivity contribution in [2.45, 2.75) is 37.6 Å². The molecule has 2 aromatic rings. The lowest BCUT2D eigenvalue weighted by atomic mass is 9.98. The van der Waals surface area contributed by atoms with E-state index in [0.29, 0.717) is 19.4 Å². The molecule has 1 aliphatic carbocycles. The molecule has 0 heterocycles. The number of carboxylic acid groups (broad SMARTS) is 1. The van der Waals surface area contributed by atoms with Crippen molar-refractivity contribution >= 4 is 18.0 Å². The molecule has 1 aliphatic rings. The van der Waals surface area contributed by atoms with Crippen LogP contribution in [0, 0.1) is 0 Å². The van der Waals surface area contributed by atoms with Gasteiger partial charge in [-0.1, -0.05) is 55.0 Å². The lowest BCUT2D eigenvalue weighted by Gasteiger charge is -2.14. The van der Waals surface area contributed by atoms with E-state index in [0.717, 1.165) is 6.42 Å². The van der Waals surface area contributed by atoms with Gasteiger partial charge in [0.25, 0.3) is 0 Å². The molecule has 2 aromatic carbocycles. The second-order valence-corrected chi connectivity index (χ2v) is 7.98. The van der Waals surface area contributed by atoms with Crippen molar-refractivity contribution in [2.24, 2.45) is 0 Å². The fraction of sp³-hybridized carbons (Fsp3) is 0.400. The molecular weight excluding hydrogens is 424 g/mol. The molecule has 1 unspecified atom stereocenters. The summed E-state index contributed by atoms with van der Waals surface area (Å²) in [6.45, 7) is 0.636. The maximum atomic E-state index is 12.1. The lowest BCUT2D eigenvalue weighted by molar-refractivity contribution is -0.143. The molecule has 0 saturated heterocycles. The highest BCUT2D eigenvalue weighted by Gasteiger charge is 2.28. The maximum Gasteiger partial charge on any atom is 0.407 e. The van der Waals surface area contributed by atoms with Gasteiger partial charge >= 0.3 is 12.1 Å². The predicted octanol–water partition coefficient (Wildman–Crippen LogP) is 3.30. The smallest absolute Gasteiger partial charge is 0.407 e. The lowest BCUT2D eigenvalue weighted by Crippen LogP contribution is -2.43. The molecule has 2 amide bonds. The Morgan fingerprint density at radius 3 is 2.21 bits per heavy atom.